The van der Waals surface area contributed by atoms with Crippen LogP contribution < -0.4 is 0 Å². The lowest BCUT2D eigenvalue weighted by molar-refractivity contribution is -0.152. The molecule has 5 nitrogen and oxygen atoms in total. The molecular formula is C32H44O5. The standard InChI is InChI=1S/C32H44O5/c1-21-25(19-26(36-22(2)33)20-28(21)37-23(3)34)11-10-24-9-7-15-31(6)27(24)12-13-29(31)32(17-18-32)16-8-14-30(4,5)35/h10-11,26-29,35H,1,7,9,12-13,15-20H2,2-6H3/b24-10+,25-11-/t26-,27+,28+,29+,31+/m1/s1. The Morgan fingerprint density at radius 2 is 1.84 bits per heavy atom. The van der Waals surface area contributed by atoms with Crippen LogP contribution in [0.4, 0.5) is 0 Å². The number of hydrogen-bond acceptors (Lipinski definition) is 5. The predicted molar refractivity (Wildman–Crippen MR) is 144 cm³/mol. The van der Waals surface area contributed by atoms with Crippen molar-refractivity contribution in [3.8, 4) is 11.8 Å². The Labute approximate surface area is 222 Å². The summed E-state index contributed by atoms with van der Waals surface area (Å²) in [5.74, 6) is 6.93. The summed E-state index contributed by atoms with van der Waals surface area (Å²) in [4.78, 5) is 23.3. The molecule has 4 aliphatic carbocycles. The monoisotopic (exact) mass is 508 g/mol. The van der Waals surface area contributed by atoms with Crippen LogP contribution in [-0.2, 0) is 19.1 Å². The molecule has 5 heteroatoms. The van der Waals surface area contributed by atoms with Gasteiger partial charge >= 0.3 is 11.9 Å². The Balaban J connectivity index is 1.54. The number of aliphatic hydroxyl groups is 1. The van der Waals surface area contributed by atoms with E-state index in [0.29, 0.717) is 30.1 Å². The highest BCUT2D eigenvalue weighted by atomic mass is 16.6. The normalized spacial score (nSPS) is 34.9. The van der Waals surface area contributed by atoms with E-state index >= 15 is 0 Å². The third-order valence-electron chi connectivity index (χ3n) is 9.30. The number of fused-ring (bicyclic) bond motifs is 1. The number of allylic oxidation sites excluding steroid dienone is 3. The summed E-state index contributed by atoms with van der Waals surface area (Å²) in [6.07, 6.45) is 14.1. The number of rotatable bonds is 5. The van der Waals surface area contributed by atoms with E-state index in [9.17, 15) is 14.7 Å². The van der Waals surface area contributed by atoms with Crippen molar-refractivity contribution < 1.29 is 24.2 Å². The largest absolute Gasteiger partial charge is 0.462 e. The molecule has 0 spiro atoms. The van der Waals surface area contributed by atoms with Gasteiger partial charge in [-0.1, -0.05) is 43.1 Å². The van der Waals surface area contributed by atoms with Crippen LogP contribution in [0.25, 0.3) is 0 Å². The first-order chi connectivity index (χ1) is 17.3. The fourth-order valence-corrected chi connectivity index (χ4v) is 7.57. The topological polar surface area (TPSA) is 72.8 Å². The van der Waals surface area contributed by atoms with E-state index < -0.39 is 11.7 Å². The highest BCUT2D eigenvalue weighted by Gasteiger charge is 2.60. The molecule has 37 heavy (non-hydrogen) atoms. The van der Waals surface area contributed by atoms with Crippen molar-refractivity contribution >= 4 is 11.9 Å². The van der Waals surface area contributed by atoms with E-state index in [1.54, 1.807) is 13.8 Å². The number of carbonyl (C=O) groups excluding carboxylic acids is 2. The third kappa shape index (κ3) is 6.23. The first-order valence-electron chi connectivity index (χ1n) is 14.0. The van der Waals surface area contributed by atoms with Gasteiger partial charge in [0.1, 0.15) is 17.8 Å². The van der Waals surface area contributed by atoms with E-state index in [1.807, 2.05) is 0 Å². The van der Waals surface area contributed by atoms with Crippen molar-refractivity contribution in [1.82, 2.24) is 0 Å². The van der Waals surface area contributed by atoms with Gasteiger partial charge < -0.3 is 14.6 Å². The zero-order valence-corrected chi connectivity index (χ0v) is 23.3. The molecule has 5 atom stereocenters. The molecular weight excluding hydrogens is 464 g/mol. The Bertz CT molecular complexity index is 1060. The van der Waals surface area contributed by atoms with Gasteiger partial charge in [0.2, 0.25) is 0 Å². The summed E-state index contributed by atoms with van der Waals surface area (Å²) in [6.45, 7) is 13.1. The van der Waals surface area contributed by atoms with Gasteiger partial charge in [0.15, 0.2) is 0 Å². The lowest BCUT2D eigenvalue weighted by Crippen LogP contribution is -2.37. The van der Waals surface area contributed by atoms with Gasteiger partial charge in [0.25, 0.3) is 0 Å². The number of ether oxygens (including phenoxy) is 2. The highest BCUT2D eigenvalue weighted by Crippen LogP contribution is 2.69. The summed E-state index contributed by atoms with van der Waals surface area (Å²) in [7, 11) is 0. The minimum absolute atomic E-state index is 0.277. The van der Waals surface area contributed by atoms with Crippen molar-refractivity contribution in [3.05, 3.63) is 35.5 Å². The highest BCUT2D eigenvalue weighted by molar-refractivity contribution is 5.67. The van der Waals surface area contributed by atoms with Gasteiger partial charge in [-0.3, -0.25) is 9.59 Å². The molecule has 202 valence electrons. The quantitative estimate of drug-likeness (QED) is 0.353. The molecule has 0 heterocycles. The molecule has 0 aromatic heterocycles. The maximum atomic E-state index is 11.7. The second kappa shape index (κ2) is 10.4. The molecule has 1 N–H and O–H groups in total. The maximum absolute atomic E-state index is 11.7. The molecule has 0 bridgehead atoms. The number of hydrogen-bond donors (Lipinski definition) is 1. The van der Waals surface area contributed by atoms with E-state index in [-0.39, 0.29) is 23.5 Å². The van der Waals surface area contributed by atoms with Gasteiger partial charge in [-0.2, -0.15) is 0 Å². The van der Waals surface area contributed by atoms with Gasteiger partial charge in [-0.25, -0.2) is 0 Å². The summed E-state index contributed by atoms with van der Waals surface area (Å²) in [5.41, 5.74) is 2.97. The van der Waals surface area contributed by atoms with Crippen molar-refractivity contribution in [3.63, 3.8) is 0 Å². The molecule has 4 saturated carbocycles. The summed E-state index contributed by atoms with van der Waals surface area (Å²) in [6, 6.07) is 0. The first-order valence-corrected chi connectivity index (χ1v) is 14.0. The lowest BCUT2D eigenvalue weighted by atomic mass is 9.59. The van der Waals surface area contributed by atoms with E-state index in [2.05, 4.69) is 37.5 Å². The average molecular weight is 509 g/mol. The van der Waals surface area contributed by atoms with Crippen LogP contribution in [0.5, 0.6) is 0 Å². The summed E-state index contributed by atoms with van der Waals surface area (Å²) in [5, 5.41) is 10.0. The third-order valence-corrected chi connectivity index (χ3v) is 9.30. The number of esters is 2. The lowest BCUT2D eigenvalue weighted by Gasteiger charge is -2.45. The zero-order valence-electron chi connectivity index (χ0n) is 23.3. The Morgan fingerprint density at radius 1 is 1.14 bits per heavy atom. The zero-order chi connectivity index (χ0) is 27.0. The molecule has 4 rings (SSSR count). The van der Waals surface area contributed by atoms with Crippen LogP contribution in [0.3, 0.4) is 0 Å². The summed E-state index contributed by atoms with van der Waals surface area (Å²) >= 11 is 0. The smallest absolute Gasteiger partial charge is 0.303 e. The van der Waals surface area contributed by atoms with E-state index in [4.69, 9.17) is 9.47 Å². The molecule has 0 aromatic rings. The Kier molecular flexibility index (Phi) is 7.82. The maximum Gasteiger partial charge on any atom is 0.303 e. The molecule has 0 radical (unpaired) electrons. The van der Waals surface area contributed by atoms with Crippen LogP contribution in [0.2, 0.25) is 0 Å². The van der Waals surface area contributed by atoms with Gasteiger partial charge in [-0.05, 0) is 92.6 Å². The van der Waals surface area contributed by atoms with Gasteiger partial charge in [-0.15, -0.1) is 0 Å². The van der Waals surface area contributed by atoms with E-state index in [1.165, 1.54) is 57.9 Å². The van der Waals surface area contributed by atoms with Crippen LogP contribution in [0.1, 0.15) is 98.8 Å². The molecule has 4 aliphatic rings. The van der Waals surface area contributed by atoms with Crippen molar-refractivity contribution in [1.29, 1.82) is 0 Å². The second-order valence-corrected chi connectivity index (χ2v) is 12.7. The molecule has 0 amide bonds. The predicted octanol–water partition coefficient (Wildman–Crippen LogP) is 6.21. The SMILES string of the molecule is C=C1/C(=C\C=C2/CCC[C@]3(C)[C@@H](C4(CC#CC(C)(C)O)CC4)CC[C@@H]23)C[C@@H](OC(C)=O)C[C@@H]1OC(C)=O. The molecule has 0 aliphatic heterocycles. The molecule has 0 unspecified atom stereocenters. The summed E-state index contributed by atoms with van der Waals surface area (Å²) < 4.78 is 11.0. The molecule has 0 saturated heterocycles. The minimum atomic E-state index is -0.932. The van der Waals surface area contributed by atoms with Crippen LogP contribution in [0.15, 0.2) is 35.5 Å². The van der Waals surface area contributed by atoms with Crippen molar-refractivity contribution in [2.45, 2.75) is 117 Å². The second-order valence-electron chi connectivity index (χ2n) is 12.7. The van der Waals surface area contributed by atoms with Crippen LogP contribution >= 0.6 is 0 Å². The minimum Gasteiger partial charge on any atom is -0.462 e. The van der Waals surface area contributed by atoms with Crippen molar-refractivity contribution in [2.75, 3.05) is 0 Å². The fourth-order valence-electron chi connectivity index (χ4n) is 7.57. The van der Waals surface area contributed by atoms with Crippen molar-refractivity contribution in [2.24, 2.45) is 22.7 Å². The average Bonchev–Trinajstić information content (AvgIpc) is 3.45. The molecule has 0 aromatic carbocycles. The molecule has 4 fully saturated rings. The Hall–Kier alpha value is -2.32. The van der Waals surface area contributed by atoms with Crippen LogP contribution in [0, 0.1) is 34.5 Å². The van der Waals surface area contributed by atoms with Gasteiger partial charge in [0.05, 0.1) is 0 Å². The van der Waals surface area contributed by atoms with Gasteiger partial charge in [0, 0.05) is 33.1 Å². The Morgan fingerprint density at radius 3 is 2.46 bits per heavy atom. The van der Waals surface area contributed by atoms with Crippen LogP contribution in [-0.4, -0.2) is 34.9 Å². The van der Waals surface area contributed by atoms with E-state index in [0.717, 1.165) is 24.0 Å². The first kappa shape index (κ1) is 27.7. The number of carbonyl (C=O) groups is 2. The fraction of sp³-hybridized carbons (Fsp3) is 0.688.